The molecule has 2 aliphatic rings. The van der Waals surface area contributed by atoms with Crippen molar-refractivity contribution < 1.29 is 0 Å². The first-order valence-corrected chi connectivity index (χ1v) is 8.66. The molecule has 1 aliphatic carbocycles. The van der Waals surface area contributed by atoms with E-state index in [0.717, 1.165) is 44.8 Å². The fourth-order valence-corrected chi connectivity index (χ4v) is 3.97. The summed E-state index contributed by atoms with van der Waals surface area (Å²) in [5.41, 5.74) is 3.93. The van der Waals surface area contributed by atoms with Crippen LogP contribution >= 0.6 is 0 Å². The van der Waals surface area contributed by atoms with Gasteiger partial charge in [-0.1, -0.05) is 18.2 Å². The minimum absolute atomic E-state index is 0.733. The third-order valence-corrected chi connectivity index (χ3v) is 5.15. The van der Waals surface area contributed by atoms with Gasteiger partial charge in [0.05, 0.1) is 5.69 Å². The summed E-state index contributed by atoms with van der Waals surface area (Å²) >= 11 is 0. The van der Waals surface area contributed by atoms with Crippen molar-refractivity contribution in [3.05, 3.63) is 47.9 Å². The van der Waals surface area contributed by atoms with Crippen molar-refractivity contribution in [3.63, 3.8) is 0 Å². The topological polar surface area (TPSA) is 49.6 Å². The highest BCUT2D eigenvalue weighted by Gasteiger charge is 2.26. The van der Waals surface area contributed by atoms with E-state index in [-0.39, 0.29) is 0 Å². The minimum atomic E-state index is 0.733. The number of benzene rings is 1. The van der Waals surface area contributed by atoms with Gasteiger partial charge in [-0.05, 0) is 31.4 Å². The zero-order valence-electron chi connectivity index (χ0n) is 13.6. The maximum Gasteiger partial charge on any atom is 0.256 e. The SMILES string of the molecule is c1ccc(N2CCN(c3c4c(nc5nncn35)CCC4)CC2)cc1. The van der Waals surface area contributed by atoms with Gasteiger partial charge in [-0.3, -0.25) is 4.40 Å². The molecule has 0 bridgehead atoms. The molecular weight excluding hydrogens is 300 g/mol. The van der Waals surface area contributed by atoms with Gasteiger partial charge in [-0.25, -0.2) is 4.98 Å². The van der Waals surface area contributed by atoms with E-state index >= 15 is 0 Å². The van der Waals surface area contributed by atoms with Gasteiger partial charge in [-0.2, -0.15) is 0 Å². The molecular formula is C18H20N6. The first-order chi connectivity index (χ1) is 11.9. The molecule has 2 aromatic heterocycles. The number of piperazine rings is 1. The molecule has 122 valence electrons. The average molecular weight is 320 g/mol. The highest BCUT2D eigenvalue weighted by atomic mass is 15.4. The zero-order valence-corrected chi connectivity index (χ0v) is 13.6. The van der Waals surface area contributed by atoms with E-state index in [1.54, 1.807) is 6.33 Å². The Morgan fingerprint density at radius 1 is 0.875 bits per heavy atom. The lowest BCUT2D eigenvalue weighted by atomic mass is 10.2. The molecule has 6 heteroatoms. The molecule has 0 saturated carbocycles. The second-order valence-corrected chi connectivity index (χ2v) is 6.52. The van der Waals surface area contributed by atoms with Crippen molar-refractivity contribution in [2.75, 3.05) is 36.0 Å². The average Bonchev–Trinajstić information content (AvgIpc) is 3.29. The normalized spacial score (nSPS) is 17.5. The standard InChI is InChI=1S/C18H20N6/c1-2-5-14(6-3-1)22-9-11-23(12-10-22)17-15-7-4-8-16(15)20-18-21-19-13-24(17)18/h1-3,5-6,13H,4,7-12H2. The van der Waals surface area contributed by atoms with Crippen LogP contribution in [-0.4, -0.2) is 45.8 Å². The molecule has 0 spiro atoms. The first-order valence-electron chi connectivity index (χ1n) is 8.66. The van der Waals surface area contributed by atoms with E-state index in [9.17, 15) is 0 Å². The number of aryl methyl sites for hydroxylation is 1. The molecule has 3 aromatic rings. The Balaban J connectivity index is 1.46. The second-order valence-electron chi connectivity index (χ2n) is 6.52. The number of hydrogen-bond acceptors (Lipinski definition) is 5. The Morgan fingerprint density at radius 3 is 2.50 bits per heavy atom. The van der Waals surface area contributed by atoms with Crippen molar-refractivity contribution >= 4 is 17.3 Å². The van der Waals surface area contributed by atoms with E-state index in [0.29, 0.717) is 0 Å². The van der Waals surface area contributed by atoms with E-state index < -0.39 is 0 Å². The van der Waals surface area contributed by atoms with Crippen LogP contribution in [0.5, 0.6) is 0 Å². The number of anilines is 2. The number of hydrogen-bond donors (Lipinski definition) is 0. The lowest BCUT2D eigenvalue weighted by molar-refractivity contribution is 0.641. The Hall–Kier alpha value is -2.63. The summed E-state index contributed by atoms with van der Waals surface area (Å²) in [6.07, 6.45) is 5.18. The zero-order chi connectivity index (χ0) is 15.9. The summed E-state index contributed by atoms with van der Waals surface area (Å²) < 4.78 is 2.07. The summed E-state index contributed by atoms with van der Waals surface area (Å²) in [7, 11) is 0. The van der Waals surface area contributed by atoms with Crippen LogP contribution in [0.3, 0.4) is 0 Å². The summed E-state index contributed by atoms with van der Waals surface area (Å²) in [5.74, 6) is 2.00. The molecule has 0 amide bonds. The molecule has 0 radical (unpaired) electrons. The lowest BCUT2D eigenvalue weighted by Gasteiger charge is -2.38. The molecule has 3 heterocycles. The van der Waals surface area contributed by atoms with E-state index in [4.69, 9.17) is 0 Å². The lowest BCUT2D eigenvalue weighted by Crippen LogP contribution is -2.47. The van der Waals surface area contributed by atoms with Crippen molar-refractivity contribution in [1.82, 2.24) is 19.6 Å². The maximum atomic E-state index is 4.69. The number of fused-ring (bicyclic) bond motifs is 2. The molecule has 0 unspecified atom stereocenters. The van der Waals surface area contributed by atoms with Crippen molar-refractivity contribution in [2.24, 2.45) is 0 Å². The summed E-state index contributed by atoms with van der Waals surface area (Å²) in [6, 6.07) is 10.7. The molecule has 1 fully saturated rings. The van der Waals surface area contributed by atoms with Crippen LogP contribution in [0.25, 0.3) is 5.78 Å². The van der Waals surface area contributed by atoms with Crippen LogP contribution in [-0.2, 0) is 12.8 Å². The Labute approximate surface area is 140 Å². The monoisotopic (exact) mass is 320 g/mol. The van der Waals surface area contributed by atoms with Crippen LogP contribution in [0.2, 0.25) is 0 Å². The van der Waals surface area contributed by atoms with Gasteiger partial charge in [-0.15, -0.1) is 10.2 Å². The minimum Gasteiger partial charge on any atom is -0.368 e. The molecule has 24 heavy (non-hydrogen) atoms. The predicted octanol–water partition coefficient (Wildman–Crippen LogP) is 1.94. The Bertz CT molecular complexity index is 864. The number of aromatic nitrogens is 4. The fourth-order valence-electron chi connectivity index (χ4n) is 3.97. The van der Waals surface area contributed by atoms with E-state index in [1.165, 1.54) is 29.2 Å². The third-order valence-electron chi connectivity index (χ3n) is 5.15. The van der Waals surface area contributed by atoms with Crippen molar-refractivity contribution in [1.29, 1.82) is 0 Å². The second kappa shape index (κ2) is 5.47. The number of para-hydroxylation sites is 1. The van der Waals surface area contributed by atoms with E-state index in [1.807, 2.05) is 0 Å². The van der Waals surface area contributed by atoms with Crippen LogP contribution in [0.4, 0.5) is 11.5 Å². The molecule has 1 saturated heterocycles. The van der Waals surface area contributed by atoms with Gasteiger partial charge in [0.2, 0.25) is 0 Å². The summed E-state index contributed by atoms with van der Waals surface area (Å²) in [5, 5.41) is 8.25. The highest BCUT2D eigenvalue weighted by molar-refractivity contribution is 5.58. The quantitative estimate of drug-likeness (QED) is 0.722. The summed E-state index contributed by atoms with van der Waals surface area (Å²) in [6.45, 7) is 4.09. The molecule has 0 atom stereocenters. The first kappa shape index (κ1) is 13.8. The van der Waals surface area contributed by atoms with Crippen LogP contribution < -0.4 is 9.80 Å². The number of rotatable bonds is 2. The predicted molar refractivity (Wildman–Crippen MR) is 93.7 cm³/mol. The Morgan fingerprint density at radius 2 is 1.67 bits per heavy atom. The molecule has 1 aromatic carbocycles. The van der Waals surface area contributed by atoms with E-state index in [2.05, 4.69) is 59.7 Å². The van der Waals surface area contributed by atoms with Crippen LogP contribution in [0.1, 0.15) is 17.7 Å². The van der Waals surface area contributed by atoms with Crippen LogP contribution in [0, 0.1) is 0 Å². The third kappa shape index (κ3) is 2.13. The smallest absolute Gasteiger partial charge is 0.256 e. The molecule has 6 nitrogen and oxygen atoms in total. The largest absolute Gasteiger partial charge is 0.368 e. The van der Waals surface area contributed by atoms with Crippen LogP contribution in [0.15, 0.2) is 36.7 Å². The number of nitrogens with zero attached hydrogens (tertiary/aromatic N) is 6. The van der Waals surface area contributed by atoms with Gasteiger partial charge in [0.25, 0.3) is 5.78 Å². The van der Waals surface area contributed by atoms with Crippen molar-refractivity contribution in [2.45, 2.75) is 19.3 Å². The Kier molecular flexibility index (Phi) is 3.14. The highest BCUT2D eigenvalue weighted by Crippen LogP contribution is 2.31. The maximum absolute atomic E-state index is 4.69. The molecule has 0 N–H and O–H groups in total. The summed E-state index contributed by atoms with van der Waals surface area (Å²) in [4.78, 5) is 9.63. The van der Waals surface area contributed by atoms with Gasteiger partial charge in [0, 0.05) is 37.4 Å². The van der Waals surface area contributed by atoms with Gasteiger partial charge in [0.15, 0.2) is 0 Å². The van der Waals surface area contributed by atoms with Crippen molar-refractivity contribution in [3.8, 4) is 0 Å². The molecule has 1 aliphatic heterocycles. The van der Waals surface area contributed by atoms with Gasteiger partial charge < -0.3 is 9.80 Å². The fraction of sp³-hybridized carbons (Fsp3) is 0.389. The van der Waals surface area contributed by atoms with Gasteiger partial charge >= 0.3 is 0 Å². The van der Waals surface area contributed by atoms with Gasteiger partial charge in [0.1, 0.15) is 12.1 Å². The molecule has 5 rings (SSSR count).